The van der Waals surface area contributed by atoms with Crippen LogP contribution in [-0.4, -0.2) is 37.7 Å². The summed E-state index contributed by atoms with van der Waals surface area (Å²) in [5.74, 6) is -0.209. The van der Waals surface area contributed by atoms with Gasteiger partial charge in [0.2, 0.25) is 0 Å². The minimum absolute atomic E-state index is 0.0708. The maximum Gasteiger partial charge on any atom is 0.269 e. The van der Waals surface area contributed by atoms with Gasteiger partial charge in [0, 0.05) is 50.7 Å². The SMILES string of the molecule is COCCCOc1cncc(S(=O)(=O)n2cc(CN)cc2-c2ccccc2F)c1. The van der Waals surface area contributed by atoms with E-state index in [1.165, 1.54) is 36.8 Å². The van der Waals surface area contributed by atoms with Crippen molar-refractivity contribution < 1.29 is 22.3 Å². The van der Waals surface area contributed by atoms with Crippen molar-refractivity contribution in [2.75, 3.05) is 20.3 Å². The van der Waals surface area contributed by atoms with Crippen LogP contribution in [-0.2, 0) is 21.3 Å². The van der Waals surface area contributed by atoms with Crippen molar-refractivity contribution in [3.8, 4) is 17.0 Å². The van der Waals surface area contributed by atoms with Crippen molar-refractivity contribution in [2.45, 2.75) is 17.9 Å². The smallest absolute Gasteiger partial charge is 0.269 e. The third-order valence-corrected chi connectivity index (χ3v) is 5.87. The number of aromatic nitrogens is 2. The Morgan fingerprint density at radius 1 is 1.17 bits per heavy atom. The number of pyridine rings is 1. The van der Waals surface area contributed by atoms with Crippen LogP contribution in [0.5, 0.6) is 5.75 Å². The molecule has 0 fully saturated rings. The molecule has 9 heteroatoms. The third-order valence-electron chi connectivity index (χ3n) is 4.23. The Hall–Kier alpha value is -2.75. The van der Waals surface area contributed by atoms with Crippen molar-refractivity contribution in [2.24, 2.45) is 5.73 Å². The van der Waals surface area contributed by atoms with Gasteiger partial charge in [-0.3, -0.25) is 4.98 Å². The molecule has 2 heterocycles. The molecule has 0 saturated heterocycles. The molecule has 29 heavy (non-hydrogen) atoms. The Kier molecular flexibility index (Phi) is 6.63. The number of benzene rings is 1. The van der Waals surface area contributed by atoms with Crippen LogP contribution < -0.4 is 10.5 Å². The highest BCUT2D eigenvalue weighted by Gasteiger charge is 2.24. The van der Waals surface area contributed by atoms with Crippen molar-refractivity contribution in [1.29, 1.82) is 0 Å². The van der Waals surface area contributed by atoms with Gasteiger partial charge >= 0.3 is 0 Å². The second-order valence-corrected chi connectivity index (χ2v) is 8.08. The average molecular weight is 419 g/mol. The van der Waals surface area contributed by atoms with E-state index in [2.05, 4.69) is 4.98 Å². The van der Waals surface area contributed by atoms with Crippen LogP contribution in [0.4, 0.5) is 4.39 Å². The largest absolute Gasteiger partial charge is 0.492 e. The molecule has 0 radical (unpaired) electrons. The number of rotatable bonds is 9. The van der Waals surface area contributed by atoms with Crippen LogP contribution in [0.3, 0.4) is 0 Å². The lowest BCUT2D eigenvalue weighted by Gasteiger charge is -2.12. The number of methoxy groups -OCH3 is 1. The van der Waals surface area contributed by atoms with E-state index in [0.717, 1.165) is 3.97 Å². The fourth-order valence-corrected chi connectivity index (χ4v) is 4.17. The standard InChI is InChI=1S/C20H22FN3O4S/c1-27-7-4-8-28-16-10-17(13-23-12-16)29(25,26)24-14-15(11-22)9-20(24)18-5-2-3-6-19(18)21/h2-3,5-6,9-10,12-14H,4,7-8,11,22H2,1H3. The summed E-state index contributed by atoms with van der Waals surface area (Å²) in [4.78, 5) is 3.90. The number of nitrogens with zero attached hydrogens (tertiary/aromatic N) is 2. The highest BCUT2D eigenvalue weighted by molar-refractivity contribution is 7.90. The molecule has 0 spiro atoms. The van der Waals surface area contributed by atoms with Gasteiger partial charge in [-0.25, -0.2) is 16.8 Å². The first-order chi connectivity index (χ1) is 14.0. The molecule has 0 bridgehead atoms. The molecule has 7 nitrogen and oxygen atoms in total. The van der Waals surface area contributed by atoms with E-state index in [-0.39, 0.29) is 22.7 Å². The lowest BCUT2D eigenvalue weighted by atomic mass is 10.1. The lowest BCUT2D eigenvalue weighted by molar-refractivity contribution is 0.172. The second kappa shape index (κ2) is 9.17. The van der Waals surface area contributed by atoms with E-state index in [9.17, 15) is 12.8 Å². The van der Waals surface area contributed by atoms with Gasteiger partial charge in [0.25, 0.3) is 10.0 Å². The molecule has 154 valence electrons. The quantitative estimate of drug-likeness (QED) is 0.536. The summed E-state index contributed by atoms with van der Waals surface area (Å²) in [5.41, 5.74) is 6.60. The van der Waals surface area contributed by atoms with Gasteiger partial charge in [0.1, 0.15) is 16.5 Å². The fraction of sp³-hybridized carbons (Fsp3) is 0.250. The summed E-state index contributed by atoms with van der Waals surface area (Å²) < 4.78 is 52.4. The fourth-order valence-electron chi connectivity index (χ4n) is 2.80. The van der Waals surface area contributed by atoms with Crippen LogP contribution in [0.1, 0.15) is 12.0 Å². The zero-order valence-corrected chi connectivity index (χ0v) is 16.7. The van der Waals surface area contributed by atoms with E-state index < -0.39 is 15.8 Å². The van der Waals surface area contributed by atoms with Gasteiger partial charge < -0.3 is 15.2 Å². The molecule has 0 saturated carbocycles. The molecule has 2 aromatic heterocycles. The molecule has 3 aromatic rings. The Balaban J connectivity index is 2.00. The van der Waals surface area contributed by atoms with Gasteiger partial charge in [0.15, 0.2) is 0 Å². The number of nitrogens with two attached hydrogens (primary N) is 1. The molecule has 3 rings (SSSR count). The lowest BCUT2D eigenvalue weighted by Crippen LogP contribution is -2.14. The number of ether oxygens (including phenoxy) is 2. The molecule has 0 aliphatic carbocycles. The summed E-state index contributed by atoms with van der Waals surface area (Å²) >= 11 is 0. The monoisotopic (exact) mass is 419 g/mol. The van der Waals surface area contributed by atoms with Crippen molar-refractivity contribution in [1.82, 2.24) is 8.96 Å². The number of hydrogen-bond acceptors (Lipinski definition) is 6. The van der Waals surface area contributed by atoms with Crippen LogP contribution in [0.25, 0.3) is 11.3 Å². The highest BCUT2D eigenvalue weighted by Crippen LogP contribution is 2.29. The summed E-state index contributed by atoms with van der Waals surface area (Å²) in [5, 5.41) is 0. The number of hydrogen-bond donors (Lipinski definition) is 1. The van der Waals surface area contributed by atoms with Crippen LogP contribution >= 0.6 is 0 Å². The first-order valence-corrected chi connectivity index (χ1v) is 10.4. The minimum Gasteiger partial charge on any atom is -0.492 e. The maximum absolute atomic E-state index is 14.3. The summed E-state index contributed by atoms with van der Waals surface area (Å²) in [7, 11) is -2.46. The second-order valence-electron chi connectivity index (χ2n) is 6.27. The Bertz CT molecular complexity index is 1080. The van der Waals surface area contributed by atoms with E-state index in [1.54, 1.807) is 25.3 Å². The van der Waals surface area contributed by atoms with Crippen LogP contribution in [0.15, 0.2) is 59.9 Å². The van der Waals surface area contributed by atoms with Gasteiger partial charge in [-0.2, -0.15) is 0 Å². The number of halogens is 1. The van der Waals surface area contributed by atoms with Gasteiger partial charge in [-0.05, 0) is 23.8 Å². The Labute approximate surface area is 169 Å². The van der Waals surface area contributed by atoms with Gasteiger partial charge in [-0.15, -0.1) is 0 Å². The van der Waals surface area contributed by atoms with E-state index >= 15 is 0 Å². The average Bonchev–Trinajstić information content (AvgIpc) is 3.17. The minimum atomic E-state index is -4.05. The zero-order chi connectivity index (χ0) is 20.9. The van der Waals surface area contributed by atoms with Crippen LogP contribution in [0.2, 0.25) is 0 Å². The molecule has 0 unspecified atom stereocenters. The maximum atomic E-state index is 14.3. The van der Waals surface area contributed by atoms with Gasteiger partial charge in [-0.1, -0.05) is 12.1 Å². The summed E-state index contributed by atoms with van der Waals surface area (Å²) in [6.45, 7) is 1.01. The molecule has 0 aliphatic heterocycles. The van der Waals surface area contributed by atoms with Crippen molar-refractivity contribution in [3.05, 3.63) is 66.4 Å². The third kappa shape index (κ3) is 4.64. The summed E-state index contributed by atoms with van der Waals surface area (Å²) in [6, 6.07) is 8.93. The first-order valence-electron chi connectivity index (χ1n) is 8.96. The van der Waals surface area contributed by atoms with E-state index in [0.29, 0.717) is 30.9 Å². The molecular formula is C20H22FN3O4S. The predicted molar refractivity (Wildman–Crippen MR) is 107 cm³/mol. The molecule has 0 atom stereocenters. The molecular weight excluding hydrogens is 397 g/mol. The molecule has 1 aromatic carbocycles. The van der Waals surface area contributed by atoms with Crippen molar-refractivity contribution in [3.63, 3.8) is 0 Å². The predicted octanol–water partition coefficient (Wildman–Crippen LogP) is 2.80. The Morgan fingerprint density at radius 2 is 1.97 bits per heavy atom. The zero-order valence-electron chi connectivity index (χ0n) is 15.9. The van der Waals surface area contributed by atoms with Crippen LogP contribution in [0, 0.1) is 5.82 Å². The molecule has 2 N–H and O–H groups in total. The topological polar surface area (TPSA) is 96.4 Å². The normalized spacial score (nSPS) is 11.6. The van der Waals surface area contributed by atoms with Crippen molar-refractivity contribution >= 4 is 10.0 Å². The van der Waals surface area contributed by atoms with E-state index in [4.69, 9.17) is 15.2 Å². The summed E-state index contributed by atoms with van der Waals surface area (Å²) in [6.07, 6.45) is 4.71. The molecule has 0 aliphatic rings. The first kappa shape index (κ1) is 21.0. The Morgan fingerprint density at radius 3 is 2.69 bits per heavy atom. The highest BCUT2D eigenvalue weighted by atomic mass is 32.2. The van der Waals surface area contributed by atoms with E-state index in [1.807, 2.05) is 0 Å². The van der Waals surface area contributed by atoms with Gasteiger partial charge in [0.05, 0.1) is 18.5 Å². The molecule has 0 amide bonds.